The smallest absolute Gasteiger partial charge is 0.243 e. The summed E-state index contributed by atoms with van der Waals surface area (Å²) in [5, 5.41) is 2.47. The molecule has 2 aromatic rings. The van der Waals surface area contributed by atoms with Gasteiger partial charge in [-0.15, -0.1) is 0 Å². The molecule has 0 aromatic heterocycles. The minimum absolute atomic E-state index is 0.172. The number of nitrogens with one attached hydrogen (secondary N) is 1. The second kappa shape index (κ2) is 9.43. The van der Waals surface area contributed by atoms with Crippen LogP contribution >= 0.6 is 0 Å². The molecule has 6 nitrogen and oxygen atoms in total. The third kappa shape index (κ3) is 4.71. The summed E-state index contributed by atoms with van der Waals surface area (Å²) in [6.45, 7) is 5.36. The Balaban J connectivity index is 1.19. The maximum atomic E-state index is 12.3. The molecule has 32 heavy (non-hydrogen) atoms. The summed E-state index contributed by atoms with van der Waals surface area (Å²) >= 11 is 0. The number of carbonyl (C=O) groups excluding carboxylic acids is 2. The van der Waals surface area contributed by atoms with Gasteiger partial charge in [-0.3, -0.25) is 24.7 Å². The largest absolute Gasteiger partial charge is 0.489 e. The number of benzene rings is 2. The molecule has 6 heteroatoms. The van der Waals surface area contributed by atoms with Gasteiger partial charge in [0.25, 0.3) is 0 Å². The highest BCUT2D eigenvalue weighted by atomic mass is 16.5. The Morgan fingerprint density at radius 3 is 2.50 bits per heavy atom. The maximum absolute atomic E-state index is 12.3. The first kappa shape index (κ1) is 21.2. The number of hydrogen-bond donors (Lipinski definition) is 1. The lowest BCUT2D eigenvalue weighted by atomic mass is 10.0. The van der Waals surface area contributed by atoms with Crippen molar-refractivity contribution in [3.8, 4) is 5.75 Å². The third-order valence-corrected chi connectivity index (χ3v) is 6.89. The fourth-order valence-electron chi connectivity index (χ4n) is 5.08. The molecule has 1 N–H and O–H groups in total. The molecule has 1 atom stereocenters. The molecular formula is C26H31N3O3. The highest BCUT2D eigenvalue weighted by Crippen LogP contribution is 2.33. The van der Waals surface area contributed by atoms with Crippen LogP contribution in [0.5, 0.6) is 5.75 Å². The van der Waals surface area contributed by atoms with Crippen LogP contribution in [0.3, 0.4) is 0 Å². The maximum Gasteiger partial charge on any atom is 0.243 e. The van der Waals surface area contributed by atoms with Gasteiger partial charge < -0.3 is 4.74 Å². The lowest BCUT2D eigenvalue weighted by Gasteiger charge is -2.29. The van der Waals surface area contributed by atoms with Gasteiger partial charge in [0.1, 0.15) is 12.4 Å². The van der Waals surface area contributed by atoms with Crippen molar-refractivity contribution < 1.29 is 14.3 Å². The van der Waals surface area contributed by atoms with Crippen molar-refractivity contribution in [2.24, 2.45) is 0 Å². The molecule has 3 heterocycles. The van der Waals surface area contributed by atoms with Gasteiger partial charge >= 0.3 is 0 Å². The minimum atomic E-state index is -0.250. The molecule has 5 rings (SSSR count). The lowest BCUT2D eigenvalue weighted by molar-refractivity contribution is -0.137. The van der Waals surface area contributed by atoms with Gasteiger partial charge in [-0.25, -0.2) is 0 Å². The zero-order valence-electron chi connectivity index (χ0n) is 18.5. The molecule has 0 aliphatic carbocycles. The van der Waals surface area contributed by atoms with Crippen LogP contribution in [0.4, 0.5) is 0 Å². The SMILES string of the molecule is O=C1CCC(N2Cc3cccc(OCc4ccc(CN5CCCCC5)cc4)c3C2)C(=O)N1. The van der Waals surface area contributed by atoms with E-state index in [1.807, 2.05) is 12.1 Å². The minimum Gasteiger partial charge on any atom is -0.489 e. The number of imide groups is 1. The highest BCUT2D eigenvalue weighted by Gasteiger charge is 2.35. The third-order valence-electron chi connectivity index (χ3n) is 6.89. The predicted octanol–water partition coefficient (Wildman–Crippen LogP) is 3.37. The second-order valence-corrected chi connectivity index (χ2v) is 9.21. The fraction of sp³-hybridized carbons (Fsp3) is 0.462. The van der Waals surface area contributed by atoms with Crippen molar-refractivity contribution >= 4 is 11.8 Å². The van der Waals surface area contributed by atoms with E-state index in [2.05, 4.69) is 45.4 Å². The standard InChI is InChI=1S/C26H31N3O3/c30-25-12-11-23(26(31)27-25)29-16-21-5-4-6-24(22(21)17-29)32-18-20-9-7-19(8-10-20)15-28-13-2-1-3-14-28/h4-10,23H,1-3,11-18H2,(H,27,30,31). The van der Waals surface area contributed by atoms with Gasteiger partial charge in [0.15, 0.2) is 0 Å². The lowest BCUT2D eigenvalue weighted by Crippen LogP contribution is -2.50. The number of fused-ring (bicyclic) bond motifs is 1. The molecule has 2 saturated heterocycles. The Hall–Kier alpha value is -2.70. The summed E-state index contributed by atoms with van der Waals surface area (Å²) in [7, 11) is 0. The van der Waals surface area contributed by atoms with Crippen molar-refractivity contribution in [3.05, 3.63) is 64.7 Å². The molecule has 0 spiro atoms. The van der Waals surface area contributed by atoms with Crippen LogP contribution in [-0.2, 0) is 35.8 Å². The van der Waals surface area contributed by atoms with Crippen LogP contribution in [-0.4, -0.2) is 40.7 Å². The molecule has 2 amide bonds. The normalized spacial score (nSPS) is 21.9. The van der Waals surface area contributed by atoms with Crippen LogP contribution in [0.2, 0.25) is 0 Å². The van der Waals surface area contributed by atoms with Gasteiger partial charge in [-0.05, 0) is 55.1 Å². The molecule has 0 radical (unpaired) electrons. The van der Waals surface area contributed by atoms with Gasteiger partial charge in [-0.2, -0.15) is 0 Å². The van der Waals surface area contributed by atoms with Crippen LogP contribution in [0.25, 0.3) is 0 Å². The van der Waals surface area contributed by atoms with E-state index >= 15 is 0 Å². The highest BCUT2D eigenvalue weighted by molar-refractivity contribution is 6.00. The Bertz CT molecular complexity index is 982. The zero-order chi connectivity index (χ0) is 21.9. The summed E-state index contributed by atoms with van der Waals surface area (Å²) in [6.07, 6.45) is 4.98. The molecule has 0 bridgehead atoms. The van der Waals surface area contributed by atoms with E-state index in [1.54, 1.807) is 0 Å². The molecule has 3 aliphatic rings. The van der Waals surface area contributed by atoms with Crippen LogP contribution in [0.1, 0.15) is 54.4 Å². The molecular weight excluding hydrogens is 402 g/mol. The average molecular weight is 434 g/mol. The van der Waals surface area contributed by atoms with Gasteiger partial charge in [-0.1, -0.05) is 42.8 Å². The van der Waals surface area contributed by atoms with Crippen LogP contribution in [0, 0.1) is 0 Å². The van der Waals surface area contributed by atoms with Crippen LogP contribution in [0.15, 0.2) is 42.5 Å². The summed E-state index contributed by atoms with van der Waals surface area (Å²) in [4.78, 5) is 28.4. The number of piperidine rings is 2. The van der Waals surface area contributed by atoms with Crippen molar-refractivity contribution in [2.45, 2.75) is 64.4 Å². The van der Waals surface area contributed by atoms with Crippen molar-refractivity contribution in [3.63, 3.8) is 0 Å². The predicted molar refractivity (Wildman–Crippen MR) is 122 cm³/mol. The van der Waals surface area contributed by atoms with E-state index in [4.69, 9.17) is 4.74 Å². The van der Waals surface area contributed by atoms with E-state index < -0.39 is 0 Å². The monoisotopic (exact) mass is 433 g/mol. The second-order valence-electron chi connectivity index (χ2n) is 9.21. The van der Waals surface area contributed by atoms with E-state index in [0.29, 0.717) is 32.5 Å². The Morgan fingerprint density at radius 2 is 1.72 bits per heavy atom. The molecule has 3 aliphatic heterocycles. The van der Waals surface area contributed by atoms with E-state index in [9.17, 15) is 9.59 Å². The van der Waals surface area contributed by atoms with Crippen molar-refractivity contribution in [1.29, 1.82) is 0 Å². The Morgan fingerprint density at radius 1 is 0.938 bits per heavy atom. The quantitative estimate of drug-likeness (QED) is 0.708. The Labute approximate surface area is 189 Å². The number of carbonyl (C=O) groups is 2. The average Bonchev–Trinajstić information content (AvgIpc) is 3.24. The van der Waals surface area contributed by atoms with Gasteiger partial charge in [0, 0.05) is 31.6 Å². The summed E-state index contributed by atoms with van der Waals surface area (Å²) in [5.74, 6) is 0.532. The summed E-state index contributed by atoms with van der Waals surface area (Å²) < 4.78 is 6.21. The molecule has 1 unspecified atom stereocenters. The van der Waals surface area contributed by atoms with Crippen LogP contribution < -0.4 is 10.1 Å². The topological polar surface area (TPSA) is 61.9 Å². The Kier molecular flexibility index (Phi) is 6.23. The first-order chi connectivity index (χ1) is 15.7. The number of amides is 2. The first-order valence-electron chi connectivity index (χ1n) is 11.8. The van der Waals surface area contributed by atoms with Gasteiger partial charge in [0.05, 0.1) is 6.04 Å². The first-order valence-corrected chi connectivity index (χ1v) is 11.8. The summed E-state index contributed by atoms with van der Waals surface area (Å²) in [6, 6.07) is 14.6. The van der Waals surface area contributed by atoms with E-state index in [1.165, 1.54) is 43.5 Å². The number of likely N-dealkylation sites (tertiary alicyclic amines) is 1. The van der Waals surface area contributed by atoms with Crippen molar-refractivity contribution in [1.82, 2.24) is 15.1 Å². The fourth-order valence-corrected chi connectivity index (χ4v) is 5.08. The van der Waals surface area contributed by atoms with E-state index in [0.717, 1.165) is 23.4 Å². The molecule has 168 valence electrons. The number of nitrogens with zero attached hydrogens (tertiary/aromatic N) is 2. The molecule has 2 aromatic carbocycles. The molecule has 2 fully saturated rings. The van der Waals surface area contributed by atoms with Gasteiger partial charge in [0.2, 0.25) is 11.8 Å². The molecule has 0 saturated carbocycles. The number of ether oxygens (including phenoxy) is 1. The number of hydrogen-bond acceptors (Lipinski definition) is 5. The summed E-state index contributed by atoms with van der Waals surface area (Å²) in [5.41, 5.74) is 4.86. The van der Waals surface area contributed by atoms with Crippen molar-refractivity contribution in [2.75, 3.05) is 13.1 Å². The zero-order valence-corrected chi connectivity index (χ0v) is 18.5. The number of rotatable bonds is 6. The van der Waals surface area contributed by atoms with E-state index in [-0.39, 0.29) is 17.9 Å².